The molecule has 0 fully saturated rings. The lowest BCUT2D eigenvalue weighted by molar-refractivity contribution is 0.567. The van der Waals surface area contributed by atoms with E-state index in [4.69, 9.17) is 11.6 Å². The van der Waals surface area contributed by atoms with Gasteiger partial charge in [-0.05, 0) is 38.9 Å². The summed E-state index contributed by atoms with van der Waals surface area (Å²) in [6, 6.07) is 5.11. The van der Waals surface area contributed by atoms with Crippen LogP contribution in [-0.4, -0.2) is 16.3 Å². The highest BCUT2D eigenvalue weighted by atomic mass is 35.5. The zero-order valence-corrected chi connectivity index (χ0v) is 12.9. The van der Waals surface area contributed by atoms with Crippen molar-refractivity contribution in [3.63, 3.8) is 0 Å². The molecular formula is C15H19ClFN3. The van der Waals surface area contributed by atoms with E-state index in [9.17, 15) is 4.39 Å². The van der Waals surface area contributed by atoms with Crippen molar-refractivity contribution in [1.82, 2.24) is 15.1 Å². The first kappa shape index (κ1) is 15.0. The Labute approximate surface area is 123 Å². The van der Waals surface area contributed by atoms with Crippen LogP contribution in [-0.2, 0) is 0 Å². The van der Waals surface area contributed by atoms with Crippen LogP contribution in [0.4, 0.5) is 4.39 Å². The Morgan fingerprint density at radius 2 is 2.10 bits per heavy atom. The highest BCUT2D eigenvalue weighted by molar-refractivity contribution is 6.31. The third-order valence-corrected chi connectivity index (χ3v) is 3.96. The van der Waals surface area contributed by atoms with Gasteiger partial charge >= 0.3 is 0 Å². The molecule has 5 heteroatoms. The lowest BCUT2D eigenvalue weighted by atomic mass is 10.1. The minimum atomic E-state index is -0.297. The van der Waals surface area contributed by atoms with E-state index in [1.54, 1.807) is 10.7 Å². The van der Waals surface area contributed by atoms with E-state index in [2.05, 4.69) is 10.4 Å². The van der Waals surface area contributed by atoms with Gasteiger partial charge in [-0.25, -0.2) is 9.07 Å². The number of benzene rings is 1. The van der Waals surface area contributed by atoms with Crippen LogP contribution in [0, 0.1) is 19.7 Å². The summed E-state index contributed by atoms with van der Waals surface area (Å²) < 4.78 is 15.9. The molecule has 0 aliphatic carbocycles. The quantitative estimate of drug-likeness (QED) is 0.925. The summed E-state index contributed by atoms with van der Waals surface area (Å²) in [5.74, 6) is -0.297. The van der Waals surface area contributed by atoms with Crippen LogP contribution in [0.1, 0.15) is 36.8 Å². The number of nitrogens with one attached hydrogen (secondary N) is 1. The van der Waals surface area contributed by atoms with Crippen molar-refractivity contribution in [1.29, 1.82) is 0 Å². The van der Waals surface area contributed by atoms with Crippen LogP contribution < -0.4 is 5.32 Å². The van der Waals surface area contributed by atoms with E-state index in [0.717, 1.165) is 17.8 Å². The van der Waals surface area contributed by atoms with E-state index in [0.29, 0.717) is 16.4 Å². The second kappa shape index (κ2) is 5.94. The van der Waals surface area contributed by atoms with Crippen molar-refractivity contribution in [2.45, 2.75) is 33.7 Å². The number of hydrogen-bond donors (Lipinski definition) is 1. The molecular weight excluding hydrogens is 277 g/mol. The average Bonchev–Trinajstić information content (AvgIpc) is 2.66. The van der Waals surface area contributed by atoms with Crippen molar-refractivity contribution >= 4 is 11.6 Å². The lowest BCUT2D eigenvalue weighted by Crippen LogP contribution is -2.20. The van der Waals surface area contributed by atoms with Gasteiger partial charge in [0.1, 0.15) is 11.5 Å². The fourth-order valence-electron chi connectivity index (χ4n) is 2.36. The maximum absolute atomic E-state index is 14.3. The summed E-state index contributed by atoms with van der Waals surface area (Å²) in [4.78, 5) is 0. The first-order valence-corrected chi connectivity index (χ1v) is 7.09. The number of aryl methyl sites for hydroxylation is 1. The molecule has 20 heavy (non-hydrogen) atoms. The Morgan fingerprint density at radius 1 is 1.40 bits per heavy atom. The molecule has 2 rings (SSSR count). The van der Waals surface area contributed by atoms with Gasteiger partial charge in [0.15, 0.2) is 0 Å². The Bertz CT molecular complexity index is 622. The van der Waals surface area contributed by atoms with Gasteiger partial charge in [-0.2, -0.15) is 5.10 Å². The van der Waals surface area contributed by atoms with Crippen LogP contribution in [0.15, 0.2) is 18.2 Å². The Kier molecular flexibility index (Phi) is 4.45. The highest BCUT2D eigenvalue weighted by Gasteiger charge is 2.19. The summed E-state index contributed by atoms with van der Waals surface area (Å²) >= 11 is 6.17. The van der Waals surface area contributed by atoms with Gasteiger partial charge in [0.05, 0.1) is 16.4 Å². The third-order valence-electron chi connectivity index (χ3n) is 3.41. The van der Waals surface area contributed by atoms with E-state index in [1.807, 2.05) is 33.8 Å². The van der Waals surface area contributed by atoms with Crippen LogP contribution in [0.5, 0.6) is 0 Å². The smallest absolute Gasteiger partial charge is 0.149 e. The summed E-state index contributed by atoms with van der Waals surface area (Å²) in [5, 5.41) is 8.24. The number of aromatic nitrogens is 2. The zero-order chi connectivity index (χ0) is 14.9. The number of hydrogen-bond acceptors (Lipinski definition) is 2. The number of rotatable bonds is 4. The van der Waals surface area contributed by atoms with Crippen LogP contribution in [0.25, 0.3) is 5.69 Å². The third kappa shape index (κ3) is 2.58. The van der Waals surface area contributed by atoms with Crippen LogP contribution in [0.2, 0.25) is 5.02 Å². The SMILES string of the molecule is CCNC(C)c1cccc(F)c1-n1nc(C)c(Cl)c1C. The minimum Gasteiger partial charge on any atom is -0.310 e. The fraction of sp³-hybridized carbons (Fsp3) is 0.400. The maximum atomic E-state index is 14.3. The van der Waals surface area contributed by atoms with Crippen molar-refractivity contribution in [3.05, 3.63) is 46.0 Å². The van der Waals surface area contributed by atoms with Gasteiger partial charge in [0.2, 0.25) is 0 Å². The number of para-hydroxylation sites is 1. The Balaban J connectivity index is 2.63. The van der Waals surface area contributed by atoms with Gasteiger partial charge in [-0.15, -0.1) is 0 Å². The van der Waals surface area contributed by atoms with Crippen LogP contribution >= 0.6 is 11.6 Å². The molecule has 3 nitrogen and oxygen atoms in total. The molecule has 1 aromatic carbocycles. The second-order valence-corrected chi connectivity index (χ2v) is 5.23. The molecule has 0 bridgehead atoms. The van der Waals surface area contributed by atoms with Crippen molar-refractivity contribution in [2.24, 2.45) is 0 Å². The molecule has 1 aromatic heterocycles. The van der Waals surface area contributed by atoms with Gasteiger partial charge in [0, 0.05) is 6.04 Å². The van der Waals surface area contributed by atoms with Crippen LogP contribution in [0.3, 0.4) is 0 Å². The maximum Gasteiger partial charge on any atom is 0.149 e. The van der Waals surface area contributed by atoms with E-state index in [1.165, 1.54) is 6.07 Å². The molecule has 108 valence electrons. The van der Waals surface area contributed by atoms with Crippen molar-refractivity contribution in [2.75, 3.05) is 6.54 Å². The van der Waals surface area contributed by atoms with Crippen molar-refractivity contribution < 1.29 is 4.39 Å². The Hall–Kier alpha value is -1.39. The standard InChI is InChI=1S/C15H19ClFN3/c1-5-18-9(2)12-7-6-8-13(17)15(12)20-11(4)14(16)10(3)19-20/h6-9,18H,5H2,1-4H3. The average molecular weight is 296 g/mol. The summed E-state index contributed by atoms with van der Waals surface area (Å²) in [6.07, 6.45) is 0. The van der Waals surface area contributed by atoms with Gasteiger partial charge in [0.25, 0.3) is 0 Å². The molecule has 1 atom stereocenters. The summed E-state index contributed by atoms with van der Waals surface area (Å²) in [7, 11) is 0. The first-order valence-electron chi connectivity index (χ1n) is 6.71. The zero-order valence-electron chi connectivity index (χ0n) is 12.2. The van der Waals surface area contributed by atoms with Crippen molar-refractivity contribution in [3.8, 4) is 5.69 Å². The summed E-state index contributed by atoms with van der Waals surface area (Å²) in [6.45, 7) is 8.51. The molecule has 2 aromatic rings. The van der Waals surface area contributed by atoms with E-state index in [-0.39, 0.29) is 11.9 Å². The van der Waals surface area contributed by atoms with Gasteiger partial charge in [-0.1, -0.05) is 30.7 Å². The molecule has 0 aliphatic rings. The molecule has 0 radical (unpaired) electrons. The number of halogens is 2. The summed E-state index contributed by atoms with van der Waals surface area (Å²) in [5.41, 5.74) is 2.79. The molecule has 0 amide bonds. The predicted octanol–water partition coefficient (Wildman–Crippen LogP) is 3.95. The second-order valence-electron chi connectivity index (χ2n) is 4.85. The molecule has 0 saturated carbocycles. The molecule has 0 saturated heterocycles. The van der Waals surface area contributed by atoms with Gasteiger partial charge in [-0.3, -0.25) is 0 Å². The topological polar surface area (TPSA) is 29.9 Å². The minimum absolute atomic E-state index is 0.0355. The largest absolute Gasteiger partial charge is 0.310 e. The first-order chi connectivity index (χ1) is 9.47. The van der Waals surface area contributed by atoms with E-state index >= 15 is 0 Å². The molecule has 1 heterocycles. The molecule has 1 unspecified atom stereocenters. The fourth-order valence-corrected chi connectivity index (χ4v) is 2.48. The number of nitrogens with zero attached hydrogens (tertiary/aromatic N) is 2. The predicted molar refractivity (Wildman–Crippen MR) is 80.1 cm³/mol. The lowest BCUT2D eigenvalue weighted by Gasteiger charge is -2.18. The van der Waals surface area contributed by atoms with E-state index < -0.39 is 0 Å². The molecule has 0 aliphatic heterocycles. The monoisotopic (exact) mass is 295 g/mol. The molecule has 0 spiro atoms. The highest BCUT2D eigenvalue weighted by Crippen LogP contribution is 2.28. The van der Waals surface area contributed by atoms with Gasteiger partial charge < -0.3 is 5.32 Å². The molecule has 1 N–H and O–H groups in total. The normalized spacial score (nSPS) is 12.7. The Morgan fingerprint density at radius 3 is 2.65 bits per heavy atom.